The lowest BCUT2D eigenvalue weighted by atomic mass is 10.2. The van der Waals surface area contributed by atoms with Gasteiger partial charge in [0.2, 0.25) is 0 Å². The molecule has 0 aliphatic carbocycles. The van der Waals surface area contributed by atoms with Crippen LogP contribution in [0.3, 0.4) is 0 Å². The van der Waals surface area contributed by atoms with E-state index in [0.717, 1.165) is 16.6 Å². The maximum absolute atomic E-state index is 5.67. The lowest BCUT2D eigenvalue weighted by Gasteiger charge is -2.09. The largest absolute Gasteiger partial charge is 0.389 e. The second kappa shape index (κ2) is 5.18. The van der Waals surface area contributed by atoms with E-state index in [4.69, 9.17) is 18.0 Å². The Balaban J connectivity index is 1.99. The van der Waals surface area contributed by atoms with Gasteiger partial charge >= 0.3 is 0 Å². The lowest BCUT2D eigenvalue weighted by Crippen LogP contribution is -2.13. The molecule has 3 aromatic rings. The maximum Gasteiger partial charge on any atom is 0.163 e. The molecule has 0 saturated carbocycles. The summed E-state index contributed by atoms with van der Waals surface area (Å²) in [7, 11) is 0. The molecule has 0 radical (unpaired) electrons. The van der Waals surface area contributed by atoms with Gasteiger partial charge in [0.05, 0.1) is 29.2 Å². The maximum atomic E-state index is 5.67. The molecular weight excluding hydrogens is 270 g/mol. The molecule has 0 atom stereocenters. The summed E-state index contributed by atoms with van der Waals surface area (Å²) in [5, 5.41) is 12.0. The number of thiocarbonyl (C=S) groups is 1. The van der Waals surface area contributed by atoms with Crippen LogP contribution < -0.4 is 11.1 Å². The average Bonchev–Trinajstić information content (AvgIpc) is 2.47. The fourth-order valence-electron chi connectivity index (χ4n) is 1.90. The molecule has 0 aliphatic heterocycles. The molecule has 0 unspecified atom stereocenters. The highest BCUT2D eigenvalue weighted by Crippen LogP contribution is 2.20. The zero-order valence-electron chi connectivity index (χ0n) is 10.4. The lowest BCUT2D eigenvalue weighted by molar-refractivity contribution is 1.03. The van der Waals surface area contributed by atoms with E-state index in [-0.39, 0.29) is 4.99 Å². The van der Waals surface area contributed by atoms with E-state index >= 15 is 0 Å². The van der Waals surface area contributed by atoms with Crippen LogP contribution in [0.15, 0.2) is 48.8 Å². The SMILES string of the molecule is NC(=S)c1ccnnc1Nc1cnc2ccccc2c1. The highest BCUT2D eigenvalue weighted by atomic mass is 32.1. The molecule has 0 spiro atoms. The van der Waals surface area contributed by atoms with Gasteiger partial charge < -0.3 is 11.1 Å². The molecule has 0 saturated heterocycles. The Morgan fingerprint density at radius 3 is 2.90 bits per heavy atom. The van der Waals surface area contributed by atoms with Crippen molar-refractivity contribution in [3.05, 3.63) is 54.4 Å². The number of nitrogens with zero attached hydrogens (tertiary/aromatic N) is 3. The van der Waals surface area contributed by atoms with Crippen LogP contribution in [0.25, 0.3) is 10.9 Å². The number of anilines is 2. The summed E-state index contributed by atoms with van der Waals surface area (Å²) in [6, 6.07) is 11.6. The van der Waals surface area contributed by atoms with Gasteiger partial charge in [0.25, 0.3) is 0 Å². The number of aromatic nitrogens is 3. The quantitative estimate of drug-likeness (QED) is 0.718. The minimum atomic E-state index is 0.274. The Morgan fingerprint density at radius 1 is 1.20 bits per heavy atom. The molecule has 0 aliphatic rings. The Labute approximate surface area is 120 Å². The molecule has 2 aromatic heterocycles. The van der Waals surface area contributed by atoms with Gasteiger partial charge in [-0.15, -0.1) is 5.10 Å². The van der Waals surface area contributed by atoms with Crippen LogP contribution in [-0.4, -0.2) is 20.2 Å². The second-order valence-electron chi connectivity index (χ2n) is 4.20. The van der Waals surface area contributed by atoms with Crippen molar-refractivity contribution >= 4 is 39.6 Å². The van der Waals surface area contributed by atoms with Crippen molar-refractivity contribution < 1.29 is 0 Å². The summed E-state index contributed by atoms with van der Waals surface area (Å²) in [5.41, 5.74) is 8.07. The van der Waals surface area contributed by atoms with Crippen LogP contribution in [0.1, 0.15) is 5.56 Å². The Bertz CT molecular complexity index is 787. The molecule has 0 amide bonds. The fourth-order valence-corrected chi connectivity index (χ4v) is 2.06. The van der Waals surface area contributed by atoms with Crippen LogP contribution in [0, 0.1) is 0 Å². The van der Waals surface area contributed by atoms with Crippen LogP contribution in [0.2, 0.25) is 0 Å². The fraction of sp³-hybridized carbons (Fsp3) is 0. The van der Waals surface area contributed by atoms with Crippen LogP contribution >= 0.6 is 12.2 Å². The highest BCUT2D eigenvalue weighted by Gasteiger charge is 2.07. The summed E-state index contributed by atoms with van der Waals surface area (Å²) in [5.74, 6) is 0.525. The topological polar surface area (TPSA) is 76.7 Å². The molecule has 0 bridgehead atoms. The summed E-state index contributed by atoms with van der Waals surface area (Å²) in [6.07, 6.45) is 3.29. The molecule has 3 rings (SSSR count). The second-order valence-corrected chi connectivity index (χ2v) is 4.64. The first kappa shape index (κ1) is 12.4. The zero-order chi connectivity index (χ0) is 13.9. The normalized spacial score (nSPS) is 10.4. The number of para-hydroxylation sites is 1. The molecule has 3 N–H and O–H groups in total. The first-order chi connectivity index (χ1) is 9.74. The van der Waals surface area contributed by atoms with E-state index in [9.17, 15) is 0 Å². The molecule has 1 aromatic carbocycles. The van der Waals surface area contributed by atoms with E-state index in [1.54, 1.807) is 18.5 Å². The number of hydrogen-bond acceptors (Lipinski definition) is 5. The van der Waals surface area contributed by atoms with Gasteiger partial charge in [0.15, 0.2) is 5.82 Å². The third-order valence-corrected chi connectivity index (χ3v) is 3.06. The van der Waals surface area contributed by atoms with Gasteiger partial charge in [0.1, 0.15) is 4.99 Å². The van der Waals surface area contributed by atoms with Crippen molar-refractivity contribution in [1.29, 1.82) is 0 Å². The molecule has 20 heavy (non-hydrogen) atoms. The van der Waals surface area contributed by atoms with E-state index in [2.05, 4.69) is 20.5 Å². The highest BCUT2D eigenvalue weighted by molar-refractivity contribution is 7.80. The van der Waals surface area contributed by atoms with Crippen LogP contribution in [0.5, 0.6) is 0 Å². The van der Waals surface area contributed by atoms with Crippen molar-refractivity contribution in [1.82, 2.24) is 15.2 Å². The summed E-state index contributed by atoms with van der Waals surface area (Å²) >= 11 is 5.00. The third-order valence-electron chi connectivity index (χ3n) is 2.84. The summed E-state index contributed by atoms with van der Waals surface area (Å²) in [4.78, 5) is 4.65. The standard InChI is InChI=1S/C14H11N5S/c15-13(20)11-5-6-17-19-14(11)18-10-7-9-3-1-2-4-12(9)16-8-10/h1-8H,(H2,15,20)(H,18,19). The monoisotopic (exact) mass is 281 g/mol. The molecule has 5 nitrogen and oxygen atoms in total. The third kappa shape index (κ3) is 2.41. The van der Waals surface area contributed by atoms with Crippen molar-refractivity contribution in [2.75, 3.05) is 5.32 Å². The van der Waals surface area contributed by atoms with Crippen LogP contribution in [-0.2, 0) is 0 Å². The predicted molar refractivity (Wildman–Crippen MR) is 82.9 cm³/mol. The minimum Gasteiger partial charge on any atom is -0.389 e. The molecule has 2 heterocycles. The minimum absolute atomic E-state index is 0.274. The number of nitrogens with two attached hydrogens (primary N) is 1. The number of nitrogens with one attached hydrogen (secondary N) is 1. The molecular formula is C14H11N5S. The molecule has 6 heteroatoms. The number of pyridine rings is 1. The van der Waals surface area contributed by atoms with Crippen molar-refractivity contribution in [2.45, 2.75) is 0 Å². The van der Waals surface area contributed by atoms with Gasteiger partial charge in [-0.1, -0.05) is 30.4 Å². The van der Waals surface area contributed by atoms with Gasteiger partial charge in [-0.05, 0) is 18.2 Å². The molecule has 98 valence electrons. The van der Waals surface area contributed by atoms with E-state index in [0.29, 0.717) is 11.4 Å². The van der Waals surface area contributed by atoms with Crippen molar-refractivity contribution in [2.24, 2.45) is 5.73 Å². The number of hydrogen-bond donors (Lipinski definition) is 2. The van der Waals surface area contributed by atoms with E-state index < -0.39 is 0 Å². The van der Waals surface area contributed by atoms with Gasteiger partial charge in [-0.2, -0.15) is 5.10 Å². The average molecular weight is 281 g/mol. The van der Waals surface area contributed by atoms with E-state index in [1.807, 2.05) is 30.3 Å². The summed E-state index contributed by atoms with van der Waals surface area (Å²) < 4.78 is 0. The molecule has 0 fully saturated rings. The smallest absolute Gasteiger partial charge is 0.163 e. The Morgan fingerprint density at radius 2 is 2.05 bits per heavy atom. The van der Waals surface area contributed by atoms with Gasteiger partial charge in [-0.3, -0.25) is 4.98 Å². The number of fused-ring (bicyclic) bond motifs is 1. The Hall–Kier alpha value is -2.60. The number of benzene rings is 1. The van der Waals surface area contributed by atoms with E-state index in [1.165, 1.54) is 0 Å². The predicted octanol–water partition coefficient (Wildman–Crippen LogP) is 2.40. The summed E-state index contributed by atoms with van der Waals surface area (Å²) in [6.45, 7) is 0. The van der Waals surface area contributed by atoms with Crippen molar-refractivity contribution in [3.8, 4) is 0 Å². The number of rotatable bonds is 3. The van der Waals surface area contributed by atoms with Crippen molar-refractivity contribution in [3.63, 3.8) is 0 Å². The van der Waals surface area contributed by atoms with Crippen LogP contribution in [0.4, 0.5) is 11.5 Å². The van der Waals surface area contributed by atoms with Gasteiger partial charge in [-0.25, -0.2) is 0 Å². The Kier molecular flexibility index (Phi) is 3.22. The first-order valence-electron chi connectivity index (χ1n) is 5.97. The first-order valence-corrected chi connectivity index (χ1v) is 6.38. The zero-order valence-corrected chi connectivity index (χ0v) is 11.3. The van der Waals surface area contributed by atoms with Gasteiger partial charge in [0, 0.05) is 5.39 Å².